The van der Waals surface area contributed by atoms with E-state index in [0.29, 0.717) is 17.1 Å². The number of methoxy groups -OCH3 is 1. The van der Waals surface area contributed by atoms with E-state index in [1.165, 1.54) is 0 Å². The summed E-state index contributed by atoms with van der Waals surface area (Å²) in [4.78, 5) is 12.1. The lowest BCUT2D eigenvalue weighted by Gasteiger charge is -2.14. The summed E-state index contributed by atoms with van der Waals surface area (Å²) < 4.78 is 6.63. The van der Waals surface area contributed by atoms with Crippen LogP contribution in [0.2, 0.25) is 0 Å². The Balaban J connectivity index is 2.11. The number of rotatable bonds is 4. The number of anilines is 2. The third-order valence-electron chi connectivity index (χ3n) is 2.82. The fourth-order valence-electron chi connectivity index (χ4n) is 1.65. The fourth-order valence-corrected chi connectivity index (χ4v) is 1.65. The zero-order valence-corrected chi connectivity index (χ0v) is 10.8. The quantitative estimate of drug-likeness (QED) is 0.819. The van der Waals surface area contributed by atoms with Crippen molar-refractivity contribution in [2.75, 3.05) is 18.2 Å². The van der Waals surface area contributed by atoms with Crippen molar-refractivity contribution < 1.29 is 9.53 Å². The second-order valence-electron chi connectivity index (χ2n) is 4.10. The number of amides is 1. The van der Waals surface area contributed by atoms with E-state index in [4.69, 9.17) is 10.5 Å². The molecule has 0 aliphatic heterocycles. The smallest absolute Gasteiger partial charge is 0.249 e. The van der Waals surface area contributed by atoms with Crippen molar-refractivity contribution in [3.63, 3.8) is 0 Å². The zero-order chi connectivity index (χ0) is 13.8. The van der Waals surface area contributed by atoms with Gasteiger partial charge in [0.2, 0.25) is 5.91 Å². The van der Waals surface area contributed by atoms with Gasteiger partial charge >= 0.3 is 0 Å². The lowest BCUT2D eigenvalue weighted by molar-refractivity contribution is -0.119. The first-order valence-electron chi connectivity index (χ1n) is 5.85. The summed E-state index contributed by atoms with van der Waals surface area (Å²) in [7, 11) is 1.56. The van der Waals surface area contributed by atoms with Crippen molar-refractivity contribution in [3.05, 3.63) is 36.7 Å². The summed E-state index contributed by atoms with van der Waals surface area (Å²) in [5.41, 5.74) is 6.87. The first kappa shape index (κ1) is 12.9. The lowest BCUT2D eigenvalue weighted by Crippen LogP contribution is -2.24. The van der Waals surface area contributed by atoms with Gasteiger partial charge in [-0.1, -0.05) is 0 Å². The number of ether oxygens (including phenoxy) is 1. The Bertz CT molecular complexity index is 566. The summed E-state index contributed by atoms with van der Waals surface area (Å²) in [6.07, 6.45) is 3.37. The molecule has 3 N–H and O–H groups in total. The predicted molar refractivity (Wildman–Crippen MR) is 73.0 cm³/mol. The summed E-state index contributed by atoms with van der Waals surface area (Å²) in [5, 5.41) is 6.80. The number of nitrogens with one attached hydrogen (secondary N) is 1. The second-order valence-corrected chi connectivity index (χ2v) is 4.10. The molecule has 0 radical (unpaired) electrons. The Morgan fingerprint density at radius 3 is 2.89 bits per heavy atom. The van der Waals surface area contributed by atoms with Crippen LogP contribution in [-0.4, -0.2) is 22.8 Å². The van der Waals surface area contributed by atoms with Gasteiger partial charge in [-0.05, 0) is 25.1 Å². The van der Waals surface area contributed by atoms with Crippen LogP contribution in [0, 0.1) is 0 Å². The molecule has 100 valence electrons. The van der Waals surface area contributed by atoms with Gasteiger partial charge in [-0.25, -0.2) is 0 Å². The van der Waals surface area contributed by atoms with Gasteiger partial charge in [0, 0.05) is 18.5 Å². The molecule has 0 aliphatic rings. The molecule has 0 fully saturated rings. The molecule has 6 nitrogen and oxygen atoms in total. The van der Waals surface area contributed by atoms with E-state index in [0.717, 1.165) is 0 Å². The molecule has 1 aromatic heterocycles. The SMILES string of the molecule is COc1ccc(NC(=O)C(C)n2cccn2)c(N)c1. The maximum Gasteiger partial charge on any atom is 0.249 e. The van der Waals surface area contributed by atoms with Gasteiger partial charge in [0.25, 0.3) is 0 Å². The second kappa shape index (κ2) is 5.43. The number of aromatic nitrogens is 2. The van der Waals surface area contributed by atoms with Crippen molar-refractivity contribution in [3.8, 4) is 5.75 Å². The summed E-state index contributed by atoms with van der Waals surface area (Å²) >= 11 is 0. The van der Waals surface area contributed by atoms with E-state index in [9.17, 15) is 4.79 Å². The molecule has 19 heavy (non-hydrogen) atoms. The average molecular weight is 260 g/mol. The summed E-state index contributed by atoms with van der Waals surface area (Å²) in [6, 6.07) is 6.48. The molecule has 1 unspecified atom stereocenters. The molecule has 0 spiro atoms. The number of nitrogens with zero attached hydrogens (tertiary/aromatic N) is 2. The van der Waals surface area contributed by atoms with Crippen LogP contribution in [-0.2, 0) is 4.79 Å². The van der Waals surface area contributed by atoms with E-state index < -0.39 is 6.04 Å². The predicted octanol–water partition coefficient (Wildman–Crippen LogP) is 1.67. The first-order valence-corrected chi connectivity index (χ1v) is 5.85. The Labute approximate surface area is 111 Å². The van der Waals surface area contributed by atoms with Gasteiger partial charge in [-0.2, -0.15) is 5.10 Å². The summed E-state index contributed by atoms with van der Waals surface area (Å²) in [5.74, 6) is 0.469. The van der Waals surface area contributed by atoms with Crippen molar-refractivity contribution in [1.29, 1.82) is 0 Å². The van der Waals surface area contributed by atoms with Gasteiger partial charge < -0.3 is 15.8 Å². The van der Waals surface area contributed by atoms with Crippen LogP contribution in [0.1, 0.15) is 13.0 Å². The van der Waals surface area contributed by atoms with Gasteiger partial charge in [0.05, 0.1) is 18.5 Å². The normalized spacial score (nSPS) is 11.9. The number of carbonyl (C=O) groups is 1. The largest absolute Gasteiger partial charge is 0.497 e. The Hall–Kier alpha value is -2.50. The van der Waals surface area contributed by atoms with Crippen LogP contribution in [0.3, 0.4) is 0 Å². The number of hydrogen-bond acceptors (Lipinski definition) is 4. The molecule has 2 aromatic rings. The van der Waals surface area contributed by atoms with E-state index in [1.807, 2.05) is 0 Å². The van der Waals surface area contributed by atoms with Gasteiger partial charge in [-0.3, -0.25) is 9.48 Å². The number of carbonyl (C=O) groups excluding carboxylic acids is 1. The molecule has 6 heteroatoms. The Kier molecular flexibility index (Phi) is 3.70. The summed E-state index contributed by atoms with van der Waals surface area (Å²) in [6.45, 7) is 1.77. The van der Waals surface area contributed by atoms with Gasteiger partial charge in [-0.15, -0.1) is 0 Å². The van der Waals surface area contributed by atoms with Crippen LogP contribution in [0.4, 0.5) is 11.4 Å². The maximum atomic E-state index is 12.1. The molecule has 0 bridgehead atoms. The topological polar surface area (TPSA) is 82.2 Å². The highest BCUT2D eigenvalue weighted by molar-refractivity contribution is 5.96. The van der Waals surface area contributed by atoms with E-state index in [2.05, 4.69) is 10.4 Å². The van der Waals surface area contributed by atoms with Gasteiger partial charge in [0.1, 0.15) is 11.8 Å². The first-order chi connectivity index (χ1) is 9.11. The molecule has 0 saturated carbocycles. The molecule has 1 heterocycles. The molecule has 2 rings (SSSR count). The van der Waals surface area contributed by atoms with E-state index in [1.54, 1.807) is 55.4 Å². The van der Waals surface area contributed by atoms with E-state index in [-0.39, 0.29) is 5.91 Å². The Morgan fingerprint density at radius 2 is 2.32 bits per heavy atom. The molecule has 1 atom stereocenters. The van der Waals surface area contributed by atoms with Crippen molar-refractivity contribution >= 4 is 17.3 Å². The van der Waals surface area contributed by atoms with Crippen LogP contribution < -0.4 is 15.8 Å². The fraction of sp³-hybridized carbons (Fsp3) is 0.231. The zero-order valence-electron chi connectivity index (χ0n) is 10.8. The maximum absolute atomic E-state index is 12.1. The highest BCUT2D eigenvalue weighted by Crippen LogP contribution is 2.24. The third kappa shape index (κ3) is 2.85. The minimum absolute atomic E-state index is 0.180. The average Bonchev–Trinajstić information content (AvgIpc) is 2.94. The molecular formula is C13H16N4O2. The van der Waals surface area contributed by atoms with Crippen molar-refractivity contribution in [1.82, 2.24) is 9.78 Å². The molecule has 0 saturated heterocycles. The molecule has 0 aliphatic carbocycles. The van der Waals surface area contributed by atoms with Crippen LogP contribution >= 0.6 is 0 Å². The van der Waals surface area contributed by atoms with Crippen molar-refractivity contribution in [2.24, 2.45) is 0 Å². The van der Waals surface area contributed by atoms with E-state index >= 15 is 0 Å². The number of nitrogens with two attached hydrogens (primary N) is 1. The Morgan fingerprint density at radius 1 is 1.53 bits per heavy atom. The molecular weight excluding hydrogens is 244 g/mol. The van der Waals surface area contributed by atoms with Crippen LogP contribution in [0.15, 0.2) is 36.7 Å². The minimum Gasteiger partial charge on any atom is -0.497 e. The monoisotopic (exact) mass is 260 g/mol. The molecule has 1 aromatic carbocycles. The minimum atomic E-state index is -0.406. The van der Waals surface area contributed by atoms with Crippen LogP contribution in [0.5, 0.6) is 5.75 Å². The van der Waals surface area contributed by atoms with Crippen molar-refractivity contribution in [2.45, 2.75) is 13.0 Å². The standard InChI is InChI=1S/C13H16N4O2/c1-9(17-7-3-6-15-17)13(18)16-12-5-4-10(19-2)8-11(12)14/h3-9H,14H2,1-2H3,(H,16,18). The van der Waals surface area contributed by atoms with Gasteiger partial charge in [0.15, 0.2) is 0 Å². The number of hydrogen-bond donors (Lipinski definition) is 2. The van der Waals surface area contributed by atoms with Crippen LogP contribution in [0.25, 0.3) is 0 Å². The third-order valence-corrected chi connectivity index (χ3v) is 2.82. The highest BCUT2D eigenvalue weighted by Gasteiger charge is 2.16. The highest BCUT2D eigenvalue weighted by atomic mass is 16.5. The number of nitrogen functional groups attached to an aromatic ring is 1. The number of benzene rings is 1. The lowest BCUT2D eigenvalue weighted by atomic mass is 10.2. The molecule has 1 amide bonds.